The molecular formula is C9H10ClNO2. The number of carboxylic acids is 1. The van der Waals surface area contributed by atoms with Crippen LogP contribution in [-0.4, -0.2) is 18.1 Å². The van der Waals surface area contributed by atoms with E-state index in [0.717, 1.165) is 0 Å². The van der Waals surface area contributed by atoms with Crippen molar-refractivity contribution in [2.24, 2.45) is 0 Å². The number of halogens is 1. The van der Waals surface area contributed by atoms with Crippen LogP contribution in [0.25, 0.3) is 0 Å². The number of carbonyl (C=O) groups is 1. The monoisotopic (exact) mass is 199 g/mol. The molecule has 0 radical (unpaired) electrons. The molecule has 0 saturated carbocycles. The van der Waals surface area contributed by atoms with Crippen LogP contribution in [-0.2, 0) is 4.79 Å². The van der Waals surface area contributed by atoms with Gasteiger partial charge in [0.25, 0.3) is 0 Å². The van der Waals surface area contributed by atoms with Crippen molar-refractivity contribution in [2.75, 3.05) is 7.05 Å². The number of likely N-dealkylation sites (N-methyl/N-ethyl adjacent to an activating group) is 1. The highest BCUT2D eigenvalue weighted by atomic mass is 35.5. The molecule has 0 bridgehead atoms. The van der Waals surface area contributed by atoms with Gasteiger partial charge in [-0.25, -0.2) is 0 Å². The first-order chi connectivity index (χ1) is 6.15. The topological polar surface area (TPSA) is 49.3 Å². The number of hydrogen-bond donors (Lipinski definition) is 2. The van der Waals surface area contributed by atoms with Gasteiger partial charge in [-0.1, -0.05) is 23.7 Å². The van der Waals surface area contributed by atoms with E-state index in [4.69, 9.17) is 16.7 Å². The van der Waals surface area contributed by atoms with Crippen molar-refractivity contribution in [3.8, 4) is 0 Å². The van der Waals surface area contributed by atoms with Crippen molar-refractivity contribution < 1.29 is 9.90 Å². The third-order valence-electron chi connectivity index (χ3n) is 1.74. The van der Waals surface area contributed by atoms with Crippen molar-refractivity contribution >= 4 is 17.6 Å². The van der Waals surface area contributed by atoms with Crippen molar-refractivity contribution in [1.82, 2.24) is 5.32 Å². The minimum atomic E-state index is -0.898. The Bertz CT molecular complexity index is 297. The number of hydrogen-bond acceptors (Lipinski definition) is 2. The highest BCUT2D eigenvalue weighted by Crippen LogP contribution is 2.16. The highest BCUT2D eigenvalue weighted by Gasteiger charge is 2.16. The molecule has 1 aromatic rings. The largest absolute Gasteiger partial charge is 0.480 e. The number of carboxylic acid groups (broad SMARTS) is 1. The van der Waals surface area contributed by atoms with Crippen LogP contribution in [0.5, 0.6) is 0 Å². The van der Waals surface area contributed by atoms with Crippen LogP contribution in [0, 0.1) is 0 Å². The Hall–Kier alpha value is -1.06. The molecule has 0 aliphatic heterocycles. The lowest BCUT2D eigenvalue weighted by molar-refractivity contribution is -0.139. The summed E-state index contributed by atoms with van der Waals surface area (Å²) in [5, 5.41) is 12.1. The molecule has 1 atom stereocenters. The van der Waals surface area contributed by atoms with Crippen LogP contribution in [0.3, 0.4) is 0 Å². The molecular weight excluding hydrogens is 190 g/mol. The van der Waals surface area contributed by atoms with Gasteiger partial charge in [-0.05, 0) is 24.7 Å². The zero-order valence-corrected chi connectivity index (χ0v) is 7.88. The maximum Gasteiger partial charge on any atom is 0.325 e. The maximum absolute atomic E-state index is 10.7. The summed E-state index contributed by atoms with van der Waals surface area (Å²) in [4.78, 5) is 10.7. The molecule has 0 heterocycles. The van der Waals surface area contributed by atoms with Crippen LogP contribution < -0.4 is 5.32 Å². The normalized spacial score (nSPS) is 12.5. The SMILES string of the molecule is CNC(C(=O)O)c1ccc(Cl)cc1. The lowest BCUT2D eigenvalue weighted by Crippen LogP contribution is -2.24. The molecule has 1 rings (SSSR count). The van der Waals surface area contributed by atoms with E-state index in [0.29, 0.717) is 10.6 Å². The van der Waals surface area contributed by atoms with Crippen LogP contribution in [0.4, 0.5) is 0 Å². The summed E-state index contributed by atoms with van der Waals surface area (Å²) in [6.07, 6.45) is 0. The molecule has 0 fully saturated rings. The van der Waals surface area contributed by atoms with Crippen molar-refractivity contribution in [1.29, 1.82) is 0 Å². The van der Waals surface area contributed by atoms with E-state index < -0.39 is 12.0 Å². The first kappa shape index (κ1) is 10.0. The average Bonchev–Trinajstić information content (AvgIpc) is 2.09. The fourth-order valence-corrected chi connectivity index (χ4v) is 1.21. The van der Waals surface area contributed by atoms with Gasteiger partial charge in [0.2, 0.25) is 0 Å². The zero-order chi connectivity index (χ0) is 9.84. The fourth-order valence-electron chi connectivity index (χ4n) is 1.09. The summed E-state index contributed by atoms with van der Waals surface area (Å²) in [5.74, 6) is -0.898. The molecule has 70 valence electrons. The van der Waals surface area contributed by atoms with Crippen molar-refractivity contribution in [2.45, 2.75) is 6.04 Å². The molecule has 0 spiro atoms. The molecule has 0 saturated heterocycles. The molecule has 0 aromatic heterocycles. The van der Waals surface area contributed by atoms with Gasteiger partial charge in [-0.3, -0.25) is 4.79 Å². The molecule has 3 nitrogen and oxygen atoms in total. The van der Waals surface area contributed by atoms with E-state index in [9.17, 15) is 4.79 Å². The molecule has 0 aliphatic carbocycles. The zero-order valence-electron chi connectivity index (χ0n) is 7.12. The van der Waals surface area contributed by atoms with Crippen molar-refractivity contribution in [3.05, 3.63) is 34.9 Å². The van der Waals surface area contributed by atoms with Crippen LogP contribution in [0.15, 0.2) is 24.3 Å². The van der Waals surface area contributed by atoms with E-state index in [2.05, 4.69) is 5.32 Å². The lowest BCUT2D eigenvalue weighted by atomic mass is 10.1. The maximum atomic E-state index is 10.7. The smallest absolute Gasteiger partial charge is 0.325 e. The number of benzene rings is 1. The molecule has 1 unspecified atom stereocenters. The van der Waals surface area contributed by atoms with Gasteiger partial charge in [0.05, 0.1) is 0 Å². The quantitative estimate of drug-likeness (QED) is 0.779. The Kier molecular flexibility index (Phi) is 3.28. The van der Waals surface area contributed by atoms with E-state index >= 15 is 0 Å². The van der Waals surface area contributed by atoms with Crippen molar-refractivity contribution in [3.63, 3.8) is 0 Å². The Morgan fingerprint density at radius 3 is 2.38 bits per heavy atom. The highest BCUT2D eigenvalue weighted by molar-refractivity contribution is 6.30. The average molecular weight is 200 g/mol. The third kappa shape index (κ3) is 2.44. The summed E-state index contributed by atoms with van der Waals surface area (Å²) in [6.45, 7) is 0. The summed E-state index contributed by atoms with van der Waals surface area (Å²) < 4.78 is 0. The van der Waals surface area contributed by atoms with Crippen LogP contribution >= 0.6 is 11.6 Å². The van der Waals surface area contributed by atoms with Gasteiger partial charge in [0, 0.05) is 5.02 Å². The Morgan fingerprint density at radius 2 is 2.00 bits per heavy atom. The van der Waals surface area contributed by atoms with E-state index in [1.54, 1.807) is 31.3 Å². The van der Waals surface area contributed by atoms with Gasteiger partial charge < -0.3 is 10.4 Å². The Labute approximate surface area is 81.3 Å². The molecule has 4 heteroatoms. The number of rotatable bonds is 3. The van der Waals surface area contributed by atoms with E-state index in [1.807, 2.05) is 0 Å². The third-order valence-corrected chi connectivity index (χ3v) is 1.99. The molecule has 2 N–H and O–H groups in total. The molecule has 1 aromatic carbocycles. The first-order valence-electron chi connectivity index (χ1n) is 3.80. The van der Waals surface area contributed by atoms with E-state index in [1.165, 1.54) is 0 Å². The summed E-state index contributed by atoms with van der Waals surface area (Å²) >= 11 is 5.67. The van der Waals surface area contributed by atoms with Crippen LogP contribution in [0.2, 0.25) is 5.02 Å². The fraction of sp³-hybridized carbons (Fsp3) is 0.222. The summed E-state index contributed by atoms with van der Waals surface area (Å²) in [5.41, 5.74) is 0.694. The summed E-state index contributed by atoms with van der Waals surface area (Å²) in [7, 11) is 1.60. The standard InChI is InChI=1S/C9H10ClNO2/c1-11-8(9(12)13)6-2-4-7(10)5-3-6/h2-5,8,11H,1H3,(H,12,13). The van der Waals surface area contributed by atoms with Gasteiger partial charge in [-0.15, -0.1) is 0 Å². The predicted octanol–water partition coefficient (Wildman–Crippen LogP) is 1.69. The van der Waals surface area contributed by atoms with Gasteiger partial charge >= 0.3 is 5.97 Å². The lowest BCUT2D eigenvalue weighted by Gasteiger charge is -2.10. The predicted molar refractivity (Wildman–Crippen MR) is 50.9 cm³/mol. The minimum Gasteiger partial charge on any atom is -0.480 e. The van der Waals surface area contributed by atoms with Gasteiger partial charge in [0.15, 0.2) is 0 Å². The summed E-state index contributed by atoms with van der Waals surface area (Å²) in [6, 6.07) is 6.06. The second kappa shape index (κ2) is 4.25. The van der Waals surface area contributed by atoms with Gasteiger partial charge in [0.1, 0.15) is 6.04 Å². The Morgan fingerprint density at radius 1 is 1.46 bits per heavy atom. The second-order valence-corrected chi connectivity index (χ2v) is 3.05. The number of aliphatic carboxylic acids is 1. The Balaban J connectivity index is 2.92. The first-order valence-corrected chi connectivity index (χ1v) is 4.18. The van der Waals surface area contributed by atoms with Gasteiger partial charge in [-0.2, -0.15) is 0 Å². The minimum absolute atomic E-state index is 0.601. The molecule has 0 amide bonds. The van der Waals surface area contributed by atoms with Crippen LogP contribution in [0.1, 0.15) is 11.6 Å². The molecule has 13 heavy (non-hydrogen) atoms. The number of nitrogens with one attached hydrogen (secondary N) is 1. The van der Waals surface area contributed by atoms with E-state index in [-0.39, 0.29) is 0 Å². The second-order valence-electron chi connectivity index (χ2n) is 2.61. The molecule has 0 aliphatic rings.